The molecule has 0 fully saturated rings. The number of hydrogen-bond acceptors (Lipinski definition) is 2. The van der Waals surface area contributed by atoms with Gasteiger partial charge in [-0.15, -0.1) is 0 Å². The Balaban J connectivity index is 2.85. The van der Waals surface area contributed by atoms with Gasteiger partial charge in [-0.1, -0.05) is 0 Å². The zero-order valence-corrected chi connectivity index (χ0v) is 6.33. The second-order valence-electron chi connectivity index (χ2n) is 2.19. The first kappa shape index (κ1) is 7.70. The van der Waals surface area contributed by atoms with Crippen molar-refractivity contribution in [2.45, 2.75) is 6.54 Å². The van der Waals surface area contributed by atoms with Gasteiger partial charge in [-0.3, -0.25) is 4.98 Å². The fraction of sp³-hybridized carbons (Fsp3) is 0.250. The van der Waals surface area contributed by atoms with Crippen LogP contribution in [0.2, 0.25) is 0 Å². The molecule has 0 atom stereocenters. The van der Waals surface area contributed by atoms with Crippen LogP contribution in [0.25, 0.3) is 4.85 Å². The highest BCUT2D eigenvalue weighted by Crippen LogP contribution is 2.10. The van der Waals surface area contributed by atoms with Crippen molar-refractivity contribution in [3.8, 4) is 0 Å². The minimum absolute atomic E-state index is 0.595. The molecule has 0 aliphatic heterocycles. The summed E-state index contributed by atoms with van der Waals surface area (Å²) in [7, 11) is 1.87. The number of rotatable bonds is 2. The average molecular weight is 147 g/mol. The predicted molar refractivity (Wildman–Crippen MR) is 43.3 cm³/mol. The van der Waals surface area contributed by atoms with E-state index in [2.05, 4.69) is 15.1 Å². The quantitative estimate of drug-likeness (QED) is 0.640. The number of pyridine rings is 1. The van der Waals surface area contributed by atoms with Gasteiger partial charge in [0.15, 0.2) is 0 Å². The Labute approximate surface area is 65.9 Å². The maximum absolute atomic E-state index is 6.74. The molecule has 1 rings (SSSR count). The summed E-state index contributed by atoms with van der Waals surface area (Å²) in [5.41, 5.74) is 1.64. The Morgan fingerprint density at radius 1 is 1.64 bits per heavy atom. The first-order valence-electron chi connectivity index (χ1n) is 3.33. The van der Waals surface area contributed by atoms with Crippen LogP contribution >= 0.6 is 0 Å². The molecule has 0 amide bonds. The first-order chi connectivity index (χ1) is 5.36. The summed E-state index contributed by atoms with van der Waals surface area (Å²) >= 11 is 0. The molecule has 0 bridgehead atoms. The monoisotopic (exact) mass is 147 g/mol. The van der Waals surface area contributed by atoms with E-state index in [0.29, 0.717) is 5.69 Å². The van der Waals surface area contributed by atoms with Crippen molar-refractivity contribution in [2.24, 2.45) is 0 Å². The Morgan fingerprint density at radius 3 is 3.09 bits per heavy atom. The van der Waals surface area contributed by atoms with Crippen LogP contribution in [0.3, 0.4) is 0 Å². The van der Waals surface area contributed by atoms with Gasteiger partial charge in [0.1, 0.15) is 0 Å². The number of hydrogen-bond donors (Lipinski definition) is 1. The van der Waals surface area contributed by atoms with Crippen LogP contribution in [0, 0.1) is 6.57 Å². The Hall–Kier alpha value is -1.40. The second-order valence-corrected chi connectivity index (χ2v) is 2.19. The van der Waals surface area contributed by atoms with Gasteiger partial charge in [0, 0.05) is 18.9 Å². The molecule has 0 spiro atoms. The van der Waals surface area contributed by atoms with E-state index < -0.39 is 0 Å². The summed E-state index contributed by atoms with van der Waals surface area (Å²) in [5, 5.41) is 2.99. The van der Waals surface area contributed by atoms with E-state index in [4.69, 9.17) is 6.57 Å². The summed E-state index contributed by atoms with van der Waals surface area (Å²) in [4.78, 5) is 7.19. The van der Waals surface area contributed by atoms with Crippen LogP contribution < -0.4 is 5.32 Å². The van der Waals surface area contributed by atoms with Crippen molar-refractivity contribution >= 4 is 5.69 Å². The Bertz CT molecular complexity index is 275. The average Bonchev–Trinajstić information content (AvgIpc) is 2.06. The predicted octanol–water partition coefficient (Wildman–Crippen LogP) is 1.35. The van der Waals surface area contributed by atoms with E-state index in [9.17, 15) is 0 Å². The highest BCUT2D eigenvalue weighted by atomic mass is 14.8. The van der Waals surface area contributed by atoms with E-state index in [1.165, 1.54) is 0 Å². The van der Waals surface area contributed by atoms with Gasteiger partial charge in [-0.2, -0.15) is 0 Å². The highest BCUT2D eigenvalue weighted by Gasteiger charge is 1.93. The second kappa shape index (κ2) is 3.69. The van der Waals surface area contributed by atoms with Gasteiger partial charge in [0.2, 0.25) is 5.69 Å². The van der Waals surface area contributed by atoms with Gasteiger partial charge in [-0.25, -0.2) is 4.85 Å². The van der Waals surface area contributed by atoms with Crippen molar-refractivity contribution in [3.05, 3.63) is 35.4 Å². The Kier molecular flexibility index (Phi) is 2.59. The van der Waals surface area contributed by atoms with Crippen molar-refractivity contribution in [1.82, 2.24) is 10.3 Å². The summed E-state index contributed by atoms with van der Waals surface area (Å²) in [6.45, 7) is 7.50. The summed E-state index contributed by atoms with van der Waals surface area (Å²) in [5.74, 6) is 0. The largest absolute Gasteiger partial charge is 0.316 e. The van der Waals surface area contributed by atoms with E-state index in [-0.39, 0.29) is 0 Å². The molecule has 0 unspecified atom stereocenters. The zero-order valence-electron chi connectivity index (χ0n) is 6.33. The number of aromatic nitrogens is 1. The van der Waals surface area contributed by atoms with Crippen molar-refractivity contribution in [1.29, 1.82) is 0 Å². The fourth-order valence-electron chi connectivity index (χ4n) is 0.836. The van der Waals surface area contributed by atoms with Crippen LogP contribution in [0.5, 0.6) is 0 Å². The standard InChI is InChI=1S/C8H9N3/c1-9-4-7-3-8(10-2)6-11-5-7/h3,5-6,9H,4H2,1H3. The van der Waals surface area contributed by atoms with Gasteiger partial charge in [-0.05, 0) is 18.7 Å². The maximum atomic E-state index is 6.74. The molecule has 1 aromatic rings. The first-order valence-corrected chi connectivity index (χ1v) is 3.33. The number of nitrogens with zero attached hydrogens (tertiary/aromatic N) is 2. The van der Waals surface area contributed by atoms with Crippen LogP contribution in [0.4, 0.5) is 5.69 Å². The molecule has 1 aromatic heterocycles. The lowest BCUT2D eigenvalue weighted by Gasteiger charge is -1.97. The van der Waals surface area contributed by atoms with Crippen LogP contribution in [-0.4, -0.2) is 12.0 Å². The lowest BCUT2D eigenvalue weighted by atomic mass is 10.2. The zero-order chi connectivity index (χ0) is 8.10. The highest BCUT2D eigenvalue weighted by molar-refractivity contribution is 5.43. The van der Waals surface area contributed by atoms with Crippen molar-refractivity contribution in [2.75, 3.05) is 7.05 Å². The summed E-state index contributed by atoms with van der Waals surface area (Å²) in [6, 6.07) is 1.83. The van der Waals surface area contributed by atoms with Crippen molar-refractivity contribution in [3.63, 3.8) is 0 Å². The van der Waals surface area contributed by atoms with Gasteiger partial charge in [0.25, 0.3) is 0 Å². The summed E-state index contributed by atoms with van der Waals surface area (Å²) in [6.07, 6.45) is 3.32. The van der Waals surface area contributed by atoms with E-state index in [0.717, 1.165) is 12.1 Å². The van der Waals surface area contributed by atoms with Crippen LogP contribution in [0.1, 0.15) is 5.56 Å². The minimum atomic E-state index is 0.595. The molecule has 0 aromatic carbocycles. The summed E-state index contributed by atoms with van der Waals surface area (Å²) < 4.78 is 0. The normalized spacial score (nSPS) is 9.09. The lowest BCUT2D eigenvalue weighted by Crippen LogP contribution is -2.04. The molecule has 0 saturated heterocycles. The van der Waals surface area contributed by atoms with Gasteiger partial charge in [0.05, 0.1) is 6.57 Å². The third-order valence-corrected chi connectivity index (χ3v) is 1.29. The molecule has 1 heterocycles. The van der Waals surface area contributed by atoms with E-state index in [1.807, 2.05) is 13.1 Å². The molecule has 0 aliphatic carbocycles. The van der Waals surface area contributed by atoms with E-state index >= 15 is 0 Å². The molecule has 3 heteroatoms. The smallest absolute Gasteiger partial charge is 0.205 e. The van der Waals surface area contributed by atoms with Crippen LogP contribution in [0.15, 0.2) is 18.5 Å². The van der Waals surface area contributed by atoms with Gasteiger partial charge < -0.3 is 5.32 Å². The molecular formula is C8H9N3. The Morgan fingerprint density at radius 2 is 2.45 bits per heavy atom. The van der Waals surface area contributed by atoms with E-state index in [1.54, 1.807) is 12.4 Å². The minimum Gasteiger partial charge on any atom is -0.316 e. The molecule has 11 heavy (non-hydrogen) atoms. The maximum Gasteiger partial charge on any atom is 0.205 e. The molecule has 3 nitrogen and oxygen atoms in total. The third-order valence-electron chi connectivity index (χ3n) is 1.29. The molecule has 0 saturated carbocycles. The van der Waals surface area contributed by atoms with Crippen molar-refractivity contribution < 1.29 is 0 Å². The van der Waals surface area contributed by atoms with Gasteiger partial charge >= 0.3 is 0 Å². The molecule has 56 valence electrons. The molecule has 1 N–H and O–H groups in total. The fourth-order valence-corrected chi connectivity index (χ4v) is 0.836. The third kappa shape index (κ3) is 2.03. The lowest BCUT2D eigenvalue weighted by molar-refractivity contribution is 0.814. The topological polar surface area (TPSA) is 29.3 Å². The molecule has 0 radical (unpaired) electrons. The van der Waals surface area contributed by atoms with Crippen LogP contribution in [-0.2, 0) is 6.54 Å². The molecule has 0 aliphatic rings. The number of nitrogens with one attached hydrogen (secondary N) is 1. The molecular weight excluding hydrogens is 138 g/mol. The SMILES string of the molecule is [C-]#[N+]c1cncc(CNC)c1.